The van der Waals surface area contributed by atoms with Crippen LogP contribution in [0.25, 0.3) is 0 Å². The Kier molecular flexibility index (Phi) is 8.43. The van der Waals surface area contributed by atoms with E-state index in [1.807, 2.05) is 64.1 Å². The Morgan fingerprint density at radius 2 is 1.97 bits per heavy atom. The summed E-state index contributed by atoms with van der Waals surface area (Å²) in [4.78, 5) is 18.6. The largest absolute Gasteiger partial charge is 0.493 e. The van der Waals surface area contributed by atoms with Gasteiger partial charge in [0.2, 0.25) is 11.1 Å². The molecule has 1 aliphatic heterocycles. The van der Waals surface area contributed by atoms with Crippen LogP contribution < -0.4 is 20.1 Å². The number of ether oxygens (including phenoxy) is 2. The van der Waals surface area contributed by atoms with Crippen LogP contribution in [0.3, 0.4) is 0 Å². The average Bonchev–Trinajstić information content (AvgIpc) is 3.28. The molecule has 2 N–H and O–H groups in total. The minimum Gasteiger partial charge on any atom is -0.493 e. The Morgan fingerprint density at radius 1 is 1.16 bits per heavy atom. The molecule has 3 aromatic rings. The van der Waals surface area contributed by atoms with Crippen molar-refractivity contribution >= 4 is 29.3 Å². The number of carbonyl (C=O) groups is 1. The molecule has 0 aliphatic carbocycles. The number of fused-ring (bicyclic) bond motifs is 1. The lowest BCUT2D eigenvalue weighted by molar-refractivity contribution is -0.113. The van der Waals surface area contributed by atoms with Gasteiger partial charge in [0.15, 0.2) is 11.5 Å². The lowest BCUT2D eigenvalue weighted by atomic mass is 9.94. The Hall–Kier alpha value is -3.46. The normalized spacial score (nSPS) is 14.7. The zero-order valence-electron chi connectivity index (χ0n) is 22.3. The van der Waals surface area contributed by atoms with Crippen molar-refractivity contribution in [1.29, 1.82) is 0 Å². The van der Waals surface area contributed by atoms with Crippen molar-refractivity contribution in [2.45, 2.75) is 58.7 Å². The summed E-state index contributed by atoms with van der Waals surface area (Å²) in [5.41, 5.74) is 5.09. The standard InChI is InChI=1S/C28H35N5O3S/c1-7-9-15-37-28-31-27-29-19(5)24(26(34)30-21-12-10-11-17(3)18(21)4)25(33(27)32-28)20-13-14-22(35-6)23(16-20)36-8-2/h10-14,16,25H,7-9,15H2,1-6H3,(H,30,34)(H,29,31,32). The first kappa shape index (κ1) is 26.6. The molecule has 0 radical (unpaired) electrons. The number of hydrogen-bond donors (Lipinski definition) is 2. The van der Waals surface area contributed by atoms with Crippen LogP contribution in [-0.4, -0.2) is 40.1 Å². The predicted octanol–water partition coefficient (Wildman–Crippen LogP) is 6.12. The molecule has 4 rings (SSSR count). The molecule has 0 fully saturated rings. The maximum atomic E-state index is 13.9. The molecule has 1 amide bonds. The van der Waals surface area contributed by atoms with Gasteiger partial charge in [-0.05, 0) is 69.0 Å². The van der Waals surface area contributed by atoms with Crippen LogP contribution in [0.2, 0.25) is 0 Å². The van der Waals surface area contributed by atoms with E-state index in [1.54, 1.807) is 23.6 Å². The van der Waals surface area contributed by atoms with Gasteiger partial charge in [-0.25, -0.2) is 4.68 Å². The second-order valence-electron chi connectivity index (χ2n) is 8.98. The number of methoxy groups -OCH3 is 1. The number of hydrogen-bond acceptors (Lipinski definition) is 7. The fourth-order valence-corrected chi connectivity index (χ4v) is 5.22. The average molecular weight is 522 g/mol. The summed E-state index contributed by atoms with van der Waals surface area (Å²) >= 11 is 1.62. The number of unbranched alkanes of at least 4 members (excludes halogenated alkanes) is 1. The molecule has 0 saturated heterocycles. The highest BCUT2D eigenvalue weighted by Gasteiger charge is 2.35. The zero-order valence-corrected chi connectivity index (χ0v) is 23.2. The summed E-state index contributed by atoms with van der Waals surface area (Å²) < 4.78 is 13.2. The van der Waals surface area contributed by atoms with Gasteiger partial charge in [-0.15, -0.1) is 5.10 Å². The van der Waals surface area contributed by atoms with Crippen LogP contribution in [0.5, 0.6) is 11.5 Å². The van der Waals surface area contributed by atoms with Gasteiger partial charge in [0.05, 0.1) is 19.3 Å². The van der Waals surface area contributed by atoms with E-state index in [0.29, 0.717) is 34.8 Å². The van der Waals surface area contributed by atoms with Gasteiger partial charge in [-0.1, -0.05) is 43.3 Å². The lowest BCUT2D eigenvalue weighted by Gasteiger charge is -2.29. The van der Waals surface area contributed by atoms with Gasteiger partial charge in [-0.3, -0.25) is 4.79 Å². The Balaban J connectivity index is 1.79. The number of amides is 1. The number of aryl methyl sites for hydroxylation is 1. The molecule has 0 saturated carbocycles. The molecule has 0 bridgehead atoms. The van der Waals surface area contributed by atoms with Crippen molar-refractivity contribution in [2.75, 3.05) is 30.1 Å². The van der Waals surface area contributed by atoms with Gasteiger partial charge in [0.25, 0.3) is 5.91 Å². The van der Waals surface area contributed by atoms with Crippen LogP contribution in [0.15, 0.2) is 52.8 Å². The van der Waals surface area contributed by atoms with E-state index in [2.05, 4.69) is 17.6 Å². The molecule has 0 spiro atoms. The summed E-state index contributed by atoms with van der Waals surface area (Å²) in [7, 11) is 1.62. The molecular formula is C28H35N5O3S. The molecule has 1 aliphatic rings. The van der Waals surface area contributed by atoms with Crippen LogP contribution >= 0.6 is 11.8 Å². The van der Waals surface area contributed by atoms with Crippen molar-refractivity contribution in [1.82, 2.24) is 14.8 Å². The third kappa shape index (κ3) is 5.61. The molecule has 9 heteroatoms. The van der Waals surface area contributed by atoms with Crippen LogP contribution in [0.1, 0.15) is 56.3 Å². The molecule has 1 aromatic heterocycles. The summed E-state index contributed by atoms with van der Waals surface area (Å²) in [6.45, 7) is 10.5. The van der Waals surface area contributed by atoms with E-state index in [-0.39, 0.29) is 5.91 Å². The van der Waals surface area contributed by atoms with E-state index >= 15 is 0 Å². The Labute approximate surface area is 222 Å². The lowest BCUT2D eigenvalue weighted by Crippen LogP contribution is -2.31. The van der Waals surface area contributed by atoms with E-state index in [9.17, 15) is 4.79 Å². The van der Waals surface area contributed by atoms with Crippen molar-refractivity contribution in [3.63, 3.8) is 0 Å². The number of nitrogens with one attached hydrogen (secondary N) is 2. The highest BCUT2D eigenvalue weighted by Crippen LogP contribution is 2.40. The molecule has 2 heterocycles. The first-order valence-corrected chi connectivity index (χ1v) is 13.6. The van der Waals surface area contributed by atoms with Crippen LogP contribution in [-0.2, 0) is 4.79 Å². The fraction of sp³-hybridized carbons (Fsp3) is 0.393. The number of benzene rings is 2. The topological polar surface area (TPSA) is 90.3 Å². The number of aromatic nitrogens is 3. The molecule has 1 unspecified atom stereocenters. The number of anilines is 2. The van der Waals surface area contributed by atoms with Crippen molar-refractivity contribution in [3.05, 3.63) is 64.4 Å². The minimum absolute atomic E-state index is 0.196. The monoisotopic (exact) mass is 521 g/mol. The van der Waals surface area contributed by atoms with E-state index < -0.39 is 6.04 Å². The first-order valence-electron chi connectivity index (χ1n) is 12.6. The van der Waals surface area contributed by atoms with Gasteiger partial charge in [0.1, 0.15) is 6.04 Å². The molecule has 37 heavy (non-hydrogen) atoms. The molecule has 8 nitrogen and oxygen atoms in total. The highest BCUT2D eigenvalue weighted by molar-refractivity contribution is 7.99. The quantitative estimate of drug-likeness (QED) is 0.245. The summed E-state index contributed by atoms with van der Waals surface area (Å²) in [6.07, 6.45) is 2.19. The van der Waals surface area contributed by atoms with Gasteiger partial charge in [-0.2, -0.15) is 4.98 Å². The SMILES string of the molecule is CCCCSc1nc2n(n1)C(c1ccc(OC)c(OCC)c1)C(C(=O)Nc1cccc(C)c1C)=C(C)N2. The zero-order chi connectivity index (χ0) is 26.5. The number of thioether (sulfide) groups is 1. The predicted molar refractivity (Wildman–Crippen MR) is 149 cm³/mol. The summed E-state index contributed by atoms with van der Waals surface area (Å²) in [5.74, 6) is 2.61. The van der Waals surface area contributed by atoms with Crippen LogP contribution in [0.4, 0.5) is 11.6 Å². The smallest absolute Gasteiger partial charge is 0.255 e. The summed E-state index contributed by atoms with van der Waals surface area (Å²) in [6, 6.07) is 11.1. The second-order valence-corrected chi connectivity index (χ2v) is 10.0. The van der Waals surface area contributed by atoms with Crippen molar-refractivity contribution in [3.8, 4) is 11.5 Å². The van der Waals surface area contributed by atoms with E-state index in [4.69, 9.17) is 19.6 Å². The first-order chi connectivity index (χ1) is 17.9. The molecule has 2 aromatic carbocycles. The third-order valence-corrected chi connectivity index (χ3v) is 7.39. The molecule has 196 valence electrons. The van der Waals surface area contributed by atoms with E-state index in [1.165, 1.54) is 0 Å². The molecule has 1 atom stereocenters. The van der Waals surface area contributed by atoms with Crippen molar-refractivity contribution in [2.24, 2.45) is 0 Å². The number of allylic oxidation sites excluding steroid dienone is 1. The Morgan fingerprint density at radius 3 is 2.70 bits per heavy atom. The van der Waals surface area contributed by atoms with Gasteiger partial charge < -0.3 is 20.1 Å². The van der Waals surface area contributed by atoms with Gasteiger partial charge in [0, 0.05) is 17.1 Å². The maximum absolute atomic E-state index is 13.9. The van der Waals surface area contributed by atoms with Gasteiger partial charge >= 0.3 is 0 Å². The van der Waals surface area contributed by atoms with Crippen LogP contribution in [0, 0.1) is 13.8 Å². The second kappa shape index (κ2) is 11.7. The minimum atomic E-state index is -0.500. The number of nitrogens with zero attached hydrogens (tertiary/aromatic N) is 3. The van der Waals surface area contributed by atoms with E-state index in [0.717, 1.165) is 46.7 Å². The number of carbonyl (C=O) groups excluding carboxylic acids is 1. The maximum Gasteiger partial charge on any atom is 0.255 e. The van der Waals surface area contributed by atoms with Crippen molar-refractivity contribution < 1.29 is 14.3 Å². The molecular weight excluding hydrogens is 486 g/mol. The number of rotatable bonds is 10. The highest BCUT2D eigenvalue weighted by atomic mass is 32.2. The fourth-order valence-electron chi connectivity index (χ4n) is 4.31. The summed E-state index contributed by atoms with van der Waals surface area (Å²) in [5, 5.41) is 12.0. The Bertz CT molecular complexity index is 1320. The third-order valence-electron chi connectivity index (χ3n) is 6.46.